The first kappa shape index (κ1) is 17.5. The lowest BCUT2D eigenvalue weighted by atomic mass is 10.1. The van der Waals surface area contributed by atoms with Crippen LogP contribution in [0.4, 0.5) is 0 Å². The van der Waals surface area contributed by atoms with Gasteiger partial charge in [0.2, 0.25) is 0 Å². The fraction of sp³-hybridized carbons (Fsp3) is 0.588. The molecule has 20 heavy (non-hydrogen) atoms. The maximum atomic E-state index is 12.7. The second-order valence-corrected chi connectivity index (χ2v) is 7.30. The van der Waals surface area contributed by atoms with Crippen LogP contribution < -0.4 is 0 Å². The molecule has 1 aromatic carbocycles. The summed E-state index contributed by atoms with van der Waals surface area (Å²) in [6.07, 6.45) is 2.13. The Morgan fingerprint density at radius 2 is 1.55 bits per heavy atom. The van der Waals surface area contributed by atoms with Crippen LogP contribution in [0.3, 0.4) is 0 Å². The molecule has 3 heteroatoms. The second-order valence-electron chi connectivity index (χ2n) is 6.14. The van der Waals surface area contributed by atoms with Crippen LogP contribution in [-0.4, -0.2) is 23.9 Å². The third-order valence-corrected chi connectivity index (χ3v) is 4.28. The first-order chi connectivity index (χ1) is 9.41. The zero-order chi connectivity index (χ0) is 15.1. The van der Waals surface area contributed by atoms with E-state index in [9.17, 15) is 4.79 Å². The molecule has 0 unspecified atom stereocenters. The number of hydrogen-bond donors (Lipinski definition) is 0. The Hall–Kier alpha value is -0.580. The Morgan fingerprint density at radius 3 is 2.00 bits per heavy atom. The average molecular weight is 387 g/mol. The van der Waals surface area contributed by atoms with E-state index in [1.165, 1.54) is 0 Å². The molecule has 112 valence electrons. The normalized spacial score (nSPS) is 11.2. The van der Waals surface area contributed by atoms with Gasteiger partial charge < -0.3 is 4.90 Å². The van der Waals surface area contributed by atoms with E-state index in [-0.39, 0.29) is 5.91 Å². The zero-order valence-corrected chi connectivity index (χ0v) is 15.2. The lowest BCUT2D eigenvalue weighted by molar-refractivity contribution is 0.0740. The van der Waals surface area contributed by atoms with Gasteiger partial charge in [-0.15, -0.1) is 0 Å². The predicted octanol–water partition coefficient (Wildman–Crippen LogP) is 4.83. The van der Waals surface area contributed by atoms with Gasteiger partial charge in [-0.25, -0.2) is 0 Å². The third-order valence-electron chi connectivity index (χ3n) is 3.34. The maximum Gasteiger partial charge on any atom is 0.254 e. The Labute approximate surface area is 137 Å². The van der Waals surface area contributed by atoms with Crippen LogP contribution in [-0.2, 0) is 0 Å². The summed E-state index contributed by atoms with van der Waals surface area (Å²) in [6, 6.07) is 7.85. The molecule has 0 radical (unpaired) electrons. The standard InChI is InChI=1S/C17H26INO/c1-13(2)9-11-19(12-10-14(3)4)17(20)15-7-5-6-8-16(15)18/h5-8,13-14H,9-12H2,1-4H3. The van der Waals surface area contributed by atoms with E-state index in [1.54, 1.807) is 0 Å². The van der Waals surface area contributed by atoms with Crippen LogP contribution >= 0.6 is 22.6 Å². The molecule has 1 aromatic rings. The van der Waals surface area contributed by atoms with Gasteiger partial charge in [0.15, 0.2) is 0 Å². The van der Waals surface area contributed by atoms with Gasteiger partial charge in [-0.1, -0.05) is 39.8 Å². The molecular formula is C17H26INO. The van der Waals surface area contributed by atoms with Crippen molar-refractivity contribution in [3.05, 3.63) is 33.4 Å². The molecule has 0 saturated carbocycles. The van der Waals surface area contributed by atoms with Crippen LogP contribution in [0.1, 0.15) is 50.9 Å². The van der Waals surface area contributed by atoms with Gasteiger partial charge in [0.25, 0.3) is 5.91 Å². The van der Waals surface area contributed by atoms with Crippen molar-refractivity contribution < 1.29 is 4.79 Å². The highest BCUT2D eigenvalue weighted by molar-refractivity contribution is 14.1. The number of halogens is 1. The summed E-state index contributed by atoms with van der Waals surface area (Å²) >= 11 is 2.25. The summed E-state index contributed by atoms with van der Waals surface area (Å²) < 4.78 is 1.04. The van der Waals surface area contributed by atoms with Crippen LogP contribution in [0, 0.1) is 15.4 Å². The van der Waals surface area contributed by atoms with E-state index in [4.69, 9.17) is 0 Å². The van der Waals surface area contributed by atoms with Crippen LogP contribution in [0.5, 0.6) is 0 Å². The van der Waals surface area contributed by atoms with Gasteiger partial charge in [-0.3, -0.25) is 4.79 Å². The van der Waals surface area contributed by atoms with E-state index < -0.39 is 0 Å². The number of nitrogens with zero attached hydrogens (tertiary/aromatic N) is 1. The summed E-state index contributed by atoms with van der Waals surface area (Å²) in [6.45, 7) is 10.5. The quantitative estimate of drug-likeness (QED) is 0.614. The average Bonchev–Trinajstić information content (AvgIpc) is 2.38. The number of amides is 1. The van der Waals surface area contributed by atoms with Crippen molar-refractivity contribution >= 4 is 28.5 Å². The van der Waals surface area contributed by atoms with Crippen LogP contribution in [0.15, 0.2) is 24.3 Å². The van der Waals surface area contributed by atoms with E-state index in [1.807, 2.05) is 29.2 Å². The van der Waals surface area contributed by atoms with Gasteiger partial charge in [-0.2, -0.15) is 0 Å². The van der Waals surface area contributed by atoms with Crippen molar-refractivity contribution in [2.24, 2.45) is 11.8 Å². The Balaban J connectivity index is 2.80. The van der Waals surface area contributed by atoms with Crippen molar-refractivity contribution in [2.45, 2.75) is 40.5 Å². The van der Waals surface area contributed by atoms with E-state index in [0.717, 1.165) is 35.1 Å². The van der Waals surface area contributed by atoms with Crippen molar-refractivity contribution in [2.75, 3.05) is 13.1 Å². The van der Waals surface area contributed by atoms with Crippen molar-refractivity contribution in [3.8, 4) is 0 Å². The Morgan fingerprint density at radius 1 is 1.05 bits per heavy atom. The molecule has 0 heterocycles. The lowest BCUT2D eigenvalue weighted by Crippen LogP contribution is -2.34. The van der Waals surface area contributed by atoms with Crippen molar-refractivity contribution in [1.82, 2.24) is 4.90 Å². The maximum absolute atomic E-state index is 12.7. The molecule has 0 bridgehead atoms. The highest BCUT2D eigenvalue weighted by Gasteiger charge is 2.18. The number of carbonyl (C=O) groups excluding carboxylic acids is 1. The van der Waals surface area contributed by atoms with Crippen molar-refractivity contribution in [3.63, 3.8) is 0 Å². The minimum Gasteiger partial charge on any atom is -0.339 e. The minimum absolute atomic E-state index is 0.177. The third kappa shape index (κ3) is 5.81. The molecule has 0 N–H and O–H groups in total. The zero-order valence-electron chi connectivity index (χ0n) is 13.0. The van der Waals surface area contributed by atoms with E-state index >= 15 is 0 Å². The lowest BCUT2D eigenvalue weighted by Gasteiger charge is -2.25. The number of rotatable bonds is 7. The van der Waals surface area contributed by atoms with Gasteiger partial charge >= 0.3 is 0 Å². The second kappa shape index (κ2) is 8.65. The molecule has 2 nitrogen and oxygen atoms in total. The first-order valence-electron chi connectivity index (χ1n) is 7.45. The largest absolute Gasteiger partial charge is 0.339 e. The summed E-state index contributed by atoms with van der Waals surface area (Å²) in [5.74, 6) is 1.43. The van der Waals surface area contributed by atoms with Crippen molar-refractivity contribution in [1.29, 1.82) is 0 Å². The summed E-state index contributed by atoms with van der Waals surface area (Å²) in [7, 11) is 0. The molecule has 0 aliphatic heterocycles. The molecule has 1 rings (SSSR count). The van der Waals surface area contributed by atoms with Crippen LogP contribution in [0.25, 0.3) is 0 Å². The first-order valence-corrected chi connectivity index (χ1v) is 8.53. The SMILES string of the molecule is CC(C)CCN(CCC(C)C)C(=O)c1ccccc1I. The summed E-state index contributed by atoms with van der Waals surface area (Å²) in [5, 5.41) is 0. The molecule has 0 aliphatic rings. The fourth-order valence-electron chi connectivity index (χ4n) is 1.95. The minimum atomic E-state index is 0.177. The number of carbonyl (C=O) groups is 1. The fourth-order valence-corrected chi connectivity index (χ4v) is 2.57. The van der Waals surface area contributed by atoms with Gasteiger partial charge in [0.05, 0.1) is 5.56 Å². The van der Waals surface area contributed by atoms with Gasteiger partial charge in [0, 0.05) is 16.7 Å². The Kier molecular flexibility index (Phi) is 7.56. The molecule has 1 amide bonds. The summed E-state index contributed by atoms with van der Waals surface area (Å²) in [5.41, 5.74) is 0.834. The number of hydrogen-bond acceptors (Lipinski definition) is 1. The monoisotopic (exact) mass is 387 g/mol. The van der Waals surface area contributed by atoms with Gasteiger partial charge in [-0.05, 0) is 59.4 Å². The van der Waals surface area contributed by atoms with Gasteiger partial charge in [0.1, 0.15) is 0 Å². The van der Waals surface area contributed by atoms with Crippen LogP contribution in [0.2, 0.25) is 0 Å². The highest BCUT2D eigenvalue weighted by atomic mass is 127. The highest BCUT2D eigenvalue weighted by Crippen LogP contribution is 2.16. The molecule has 0 aliphatic carbocycles. The number of benzene rings is 1. The molecule has 0 atom stereocenters. The predicted molar refractivity (Wildman–Crippen MR) is 94.0 cm³/mol. The van der Waals surface area contributed by atoms with E-state index in [0.29, 0.717) is 11.8 Å². The smallest absolute Gasteiger partial charge is 0.254 e. The topological polar surface area (TPSA) is 20.3 Å². The molecule has 0 saturated heterocycles. The molecule has 0 aromatic heterocycles. The summed E-state index contributed by atoms with van der Waals surface area (Å²) in [4.78, 5) is 14.7. The molecular weight excluding hydrogens is 361 g/mol. The molecule has 0 spiro atoms. The van der Waals surface area contributed by atoms with E-state index in [2.05, 4.69) is 50.3 Å². The Bertz CT molecular complexity index is 417. The molecule has 0 fully saturated rings.